The summed E-state index contributed by atoms with van der Waals surface area (Å²) in [5.41, 5.74) is 2.26. The van der Waals surface area contributed by atoms with Crippen LogP contribution in [0.5, 0.6) is 0 Å². The molecule has 29 heavy (non-hydrogen) atoms. The molecule has 2 amide bonds. The molecule has 0 aliphatic rings. The van der Waals surface area contributed by atoms with E-state index in [2.05, 4.69) is 36.3 Å². The lowest BCUT2D eigenvalue weighted by Crippen LogP contribution is -2.28. The molecule has 0 aliphatic carbocycles. The van der Waals surface area contributed by atoms with E-state index in [4.69, 9.17) is 0 Å². The van der Waals surface area contributed by atoms with Crippen molar-refractivity contribution in [2.24, 2.45) is 0 Å². The number of aromatic nitrogens is 1. The molecule has 0 fully saturated rings. The number of sulfonamides is 1. The minimum absolute atomic E-state index is 0.123. The zero-order chi connectivity index (χ0) is 20.7. The minimum atomic E-state index is -3.66. The van der Waals surface area contributed by atoms with Crippen molar-refractivity contribution in [2.45, 2.75) is 18.0 Å². The summed E-state index contributed by atoms with van der Waals surface area (Å²) < 4.78 is 28.4. The summed E-state index contributed by atoms with van der Waals surface area (Å²) in [7, 11) is -3.66. The van der Waals surface area contributed by atoms with E-state index in [1.807, 2.05) is 24.3 Å². The molecule has 0 atom stereocenters. The number of carbonyl (C=O) groups is 1. The van der Waals surface area contributed by atoms with Gasteiger partial charge in [0.2, 0.25) is 10.0 Å². The number of rotatable bonds is 7. The Morgan fingerprint density at radius 2 is 1.48 bits per heavy atom. The topological polar surface area (TPSA) is 100 Å². The normalized spacial score (nSPS) is 11.1. The molecular formula is C20H19BrN4O3S. The SMILES string of the molecule is O=C(NCc1ccncc1)Nc1ccc(S(=O)(=O)NCc2ccc(Br)cc2)cc1. The molecule has 9 heteroatoms. The lowest BCUT2D eigenvalue weighted by molar-refractivity contribution is 0.251. The van der Waals surface area contributed by atoms with Crippen molar-refractivity contribution in [3.63, 3.8) is 0 Å². The van der Waals surface area contributed by atoms with Gasteiger partial charge in [0.25, 0.3) is 0 Å². The average molecular weight is 475 g/mol. The molecule has 0 spiro atoms. The second-order valence-electron chi connectivity index (χ2n) is 6.14. The first-order valence-electron chi connectivity index (χ1n) is 8.70. The molecule has 3 N–H and O–H groups in total. The zero-order valence-corrected chi connectivity index (χ0v) is 17.7. The maximum absolute atomic E-state index is 12.4. The number of anilines is 1. The van der Waals surface area contributed by atoms with Crippen LogP contribution in [0.3, 0.4) is 0 Å². The van der Waals surface area contributed by atoms with Gasteiger partial charge in [-0.1, -0.05) is 28.1 Å². The second-order valence-corrected chi connectivity index (χ2v) is 8.82. The number of hydrogen-bond acceptors (Lipinski definition) is 4. The molecule has 3 aromatic rings. The van der Waals surface area contributed by atoms with E-state index in [1.54, 1.807) is 36.7 Å². The predicted molar refractivity (Wildman–Crippen MR) is 115 cm³/mol. The van der Waals surface area contributed by atoms with Crippen LogP contribution in [0.1, 0.15) is 11.1 Å². The molecule has 0 bridgehead atoms. The van der Waals surface area contributed by atoms with Gasteiger partial charge in [-0.25, -0.2) is 17.9 Å². The highest BCUT2D eigenvalue weighted by molar-refractivity contribution is 9.10. The fourth-order valence-corrected chi connectivity index (χ4v) is 3.72. The van der Waals surface area contributed by atoms with Crippen LogP contribution in [-0.2, 0) is 23.1 Å². The highest BCUT2D eigenvalue weighted by atomic mass is 79.9. The Hall–Kier alpha value is -2.75. The van der Waals surface area contributed by atoms with Crippen LogP contribution < -0.4 is 15.4 Å². The summed E-state index contributed by atoms with van der Waals surface area (Å²) >= 11 is 3.34. The maximum Gasteiger partial charge on any atom is 0.319 e. The molecule has 0 aliphatic heterocycles. The smallest absolute Gasteiger partial charge is 0.319 e. The van der Waals surface area contributed by atoms with Gasteiger partial charge in [-0.3, -0.25) is 4.98 Å². The number of nitrogens with zero attached hydrogens (tertiary/aromatic N) is 1. The summed E-state index contributed by atoms with van der Waals surface area (Å²) in [6.07, 6.45) is 3.30. The fraction of sp³-hybridized carbons (Fsp3) is 0.100. The first-order chi connectivity index (χ1) is 13.9. The summed E-state index contributed by atoms with van der Waals surface area (Å²) in [5, 5.41) is 5.39. The van der Waals surface area contributed by atoms with E-state index in [0.717, 1.165) is 15.6 Å². The Balaban J connectivity index is 1.54. The molecule has 0 saturated heterocycles. The number of carbonyl (C=O) groups excluding carboxylic acids is 1. The number of benzene rings is 2. The van der Waals surface area contributed by atoms with Crippen molar-refractivity contribution in [1.82, 2.24) is 15.0 Å². The quantitative estimate of drug-likeness (QED) is 0.486. The number of halogens is 1. The van der Waals surface area contributed by atoms with E-state index in [9.17, 15) is 13.2 Å². The van der Waals surface area contributed by atoms with Crippen molar-refractivity contribution in [3.8, 4) is 0 Å². The molecule has 1 aromatic heterocycles. The van der Waals surface area contributed by atoms with Gasteiger partial charge in [0.15, 0.2) is 0 Å². The maximum atomic E-state index is 12.4. The third-order valence-electron chi connectivity index (χ3n) is 4.00. The zero-order valence-electron chi connectivity index (χ0n) is 15.3. The van der Waals surface area contributed by atoms with Gasteiger partial charge in [-0.2, -0.15) is 0 Å². The Morgan fingerprint density at radius 3 is 2.14 bits per heavy atom. The number of nitrogens with one attached hydrogen (secondary N) is 3. The monoisotopic (exact) mass is 474 g/mol. The number of pyridine rings is 1. The van der Waals surface area contributed by atoms with Crippen molar-refractivity contribution in [2.75, 3.05) is 5.32 Å². The van der Waals surface area contributed by atoms with Crippen molar-refractivity contribution >= 4 is 37.7 Å². The van der Waals surface area contributed by atoms with Crippen LogP contribution in [0.2, 0.25) is 0 Å². The largest absolute Gasteiger partial charge is 0.334 e. The molecule has 0 unspecified atom stereocenters. The van der Waals surface area contributed by atoms with Crippen molar-refractivity contribution in [3.05, 3.63) is 88.7 Å². The van der Waals surface area contributed by atoms with Gasteiger partial charge in [0.1, 0.15) is 0 Å². The van der Waals surface area contributed by atoms with Crippen molar-refractivity contribution < 1.29 is 13.2 Å². The Bertz CT molecular complexity index is 1060. The van der Waals surface area contributed by atoms with Crippen molar-refractivity contribution in [1.29, 1.82) is 0 Å². The Labute approximate surface area is 177 Å². The van der Waals surface area contributed by atoms with E-state index in [0.29, 0.717) is 12.2 Å². The molecular weight excluding hydrogens is 456 g/mol. The lowest BCUT2D eigenvalue weighted by atomic mass is 10.2. The van der Waals surface area contributed by atoms with Crippen LogP contribution in [0, 0.1) is 0 Å². The predicted octanol–water partition coefficient (Wildman–Crippen LogP) is 3.64. The van der Waals surface area contributed by atoms with Gasteiger partial charge < -0.3 is 10.6 Å². The summed E-state index contributed by atoms with van der Waals surface area (Å²) in [5.74, 6) is 0. The standard InChI is InChI=1S/C20H19BrN4O3S/c21-17-3-1-15(2-4-17)14-24-29(27,28)19-7-5-18(6-8-19)25-20(26)23-13-16-9-11-22-12-10-16/h1-12,24H,13-14H2,(H2,23,25,26). The Kier molecular flexibility index (Phi) is 6.97. The molecule has 1 heterocycles. The third-order valence-corrected chi connectivity index (χ3v) is 5.95. The summed E-state index contributed by atoms with van der Waals surface area (Å²) in [4.78, 5) is 16.0. The molecule has 2 aromatic carbocycles. The number of urea groups is 1. The lowest BCUT2D eigenvalue weighted by Gasteiger charge is -2.10. The first-order valence-corrected chi connectivity index (χ1v) is 11.0. The number of amides is 2. The molecule has 0 radical (unpaired) electrons. The minimum Gasteiger partial charge on any atom is -0.334 e. The van der Waals surface area contributed by atoms with Crippen LogP contribution in [0.4, 0.5) is 10.5 Å². The van der Waals surface area contributed by atoms with Gasteiger partial charge in [0.05, 0.1) is 4.90 Å². The number of hydrogen-bond donors (Lipinski definition) is 3. The van der Waals surface area contributed by atoms with E-state index in [1.165, 1.54) is 12.1 Å². The summed E-state index contributed by atoms with van der Waals surface area (Å²) in [6, 6.07) is 16.6. The van der Waals surface area contributed by atoms with Gasteiger partial charge in [0, 0.05) is 35.6 Å². The molecule has 0 saturated carbocycles. The fourth-order valence-electron chi connectivity index (χ4n) is 2.44. The van der Waals surface area contributed by atoms with Gasteiger partial charge >= 0.3 is 6.03 Å². The molecule has 3 rings (SSSR count). The van der Waals surface area contributed by atoms with Gasteiger partial charge in [-0.05, 0) is 59.7 Å². The van der Waals surface area contributed by atoms with E-state index < -0.39 is 10.0 Å². The van der Waals surface area contributed by atoms with Crippen LogP contribution >= 0.6 is 15.9 Å². The van der Waals surface area contributed by atoms with Crippen LogP contribution in [-0.4, -0.2) is 19.4 Å². The van der Waals surface area contributed by atoms with Crippen LogP contribution in [0.15, 0.2) is 82.4 Å². The first kappa shape index (κ1) is 21.0. The molecule has 7 nitrogen and oxygen atoms in total. The van der Waals surface area contributed by atoms with E-state index in [-0.39, 0.29) is 17.5 Å². The van der Waals surface area contributed by atoms with E-state index >= 15 is 0 Å². The Morgan fingerprint density at radius 1 is 0.862 bits per heavy atom. The molecule has 150 valence electrons. The second kappa shape index (κ2) is 9.64. The third kappa shape index (κ3) is 6.38. The summed E-state index contributed by atoms with van der Waals surface area (Å²) in [6.45, 7) is 0.549. The average Bonchev–Trinajstić information content (AvgIpc) is 2.73. The highest BCUT2D eigenvalue weighted by Crippen LogP contribution is 2.15. The van der Waals surface area contributed by atoms with Gasteiger partial charge in [-0.15, -0.1) is 0 Å². The highest BCUT2D eigenvalue weighted by Gasteiger charge is 2.14. The van der Waals surface area contributed by atoms with Crippen LogP contribution in [0.25, 0.3) is 0 Å².